The van der Waals surface area contributed by atoms with Crippen LogP contribution in [0.2, 0.25) is 0 Å². The molecule has 0 bridgehead atoms. The fourth-order valence-corrected chi connectivity index (χ4v) is 4.96. The summed E-state index contributed by atoms with van der Waals surface area (Å²) in [5.41, 5.74) is 3.49. The van der Waals surface area contributed by atoms with Crippen LogP contribution in [0.25, 0.3) is 0 Å². The van der Waals surface area contributed by atoms with Gasteiger partial charge in [0.25, 0.3) is 5.91 Å². The summed E-state index contributed by atoms with van der Waals surface area (Å²) in [6, 6.07) is 24.9. The molecule has 4 aromatic rings. The highest BCUT2D eigenvalue weighted by molar-refractivity contribution is 7.09. The molecule has 1 amide bonds. The first-order chi connectivity index (χ1) is 18.1. The standard InChI is InChI=1S/C29H27N5O2S/c1-21-3-11-25(12-4-21)36-26-13-7-22(8-14-26)19-27-31-29(37-32-27)34-16-2-15-33(17-18-34)28(35)24-9-5-23(20-30)6-10-24/h3-14H,2,15-19H2,1H3. The topological polar surface area (TPSA) is 82.4 Å². The Morgan fingerprint density at radius 2 is 1.65 bits per heavy atom. The number of carbonyl (C=O) groups excluding carboxylic acids is 1. The van der Waals surface area contributed by atoms with Crippen LogP contribution < -0.4 is 9.64 Å². The third-order valence-corrected chi connectivity index (χ3v) is 7.13. The van der Waals surface area contributed by atoms with Crippen LogP contribution in [0.1, 0.15) is 39.3 Å². The van der Waals surface area contributed by atoms with Gasteiger partial charge in [0.05, 0.1) is 11.6 Å². The Morgan fingerprint density at radius 3 is 2.35 bits per heavy atom. The lowest BCUT2D eigenvalue weighted by atomic mass is 10.1. The first kappa shape index (κ1) is 24.5. The number of rotatable bonds is 6. The molecule has 2 heterocycles. The van der Waals surface area contributed by atoms with E-state index in [0.717, 1.165) is 41.0 Å². The van der Waals surface area contributed by atoms with Crippen molar-refractivity contribution in [3.05, 3.63) is 101 Å². The van der Waals surface area contributed by atoms with E-state index in [0.29, 0.717) is 37.2 Å². The van der Waals surface area contributed by atoms with Gasteiger partial charge in [0, 0.05) is 49.7 Å². The van der Waals surface area contributed by atoms with Gasteiger partial charge in [-0.05, 0) is 67.4 Å². The van der Waals surface area contributed by atoms with Gasteiger partial charge < -0.3 is 14.5 Å². The van der Waals surface area contributed by atoms with Crippen LogP contribution >= 0.6 is 11.5 Å². The summed E-state index contributed by atoms with van der Waals surface area (Å²) < 4.78 is 10.5. The quantitative estimate of drug-likeness (QED) is 0.344. The second-order valence-electron chi connectivity index (χ2n) is 9.05. The number of nitriles is 1. The van der Waals surface area contributed by atoms with Crippen LogP contribution in [-0.2, 0) is 6.42 Å². The average molecular weight is 510 g/mol. The van der Waals surface area contributed by atoms with Crippen molar-refractivity contribution >= 4 is 22.6 Å². The number of anilines is 1. The lowest BCUT2D eigenvalue weighted by Crippen LogP contribution is -2.35. The first-order valence-corrected chi connectivity index (χ1v) is 13.1. The largest absolute Gasteiger partial charge is 0.457 e. The second-order valence-corrected chi connectivity index (χ2v) is 9.78. The molecule has 0 atom stereocenters. The molecular formula is C29H27N5O2S. The van der Waals surface area contributed by atoms with Crippen LogP contribution in [0, 0.1) is 18.3 Å². The molecule has 0 radical (unpaired) electrons. The van der Waals surface area contributed by atoms with Crippen LogP contribution in [0.15, 0.2) is 72.8 Å². The number of hydrogen-bond donors (Lipinski definition) is 0. The van der Waals surface area contributed by atoms with Gasteiger partial charge in [-0.2, -0.15) is 9.64 Å². The fraction of sp³-hybridized carbons (Fsp3) is 0.241. The predicted molar refractivity (Wildman–Crippen MR) is 144 cm³/mol. The Kier molecular flexibility index (Phi) is 7.43. The smallest absolute Gasteiger partial charge is 0.253 e. The number of aromatic nitrogens is 2. The number of ether oxygens (including phenoxy) is 1. The van der Waals surface area contributed by atoms with Crippen LogP contribution in [-0.4, -0.2) is 46.3 Å². The Hall–Kier alpha value is -4.22. The van der Waals surface area contributed by atoms with Gasteiger partial charge in [-0.25, -0.2) is 4.98 Å². The number of amides is 1. The van der Waals surface area contributed by atoms with Crippen molar-refractivity contribution in [3.63, 3.8) is 0 Å². The molecule has 0 saturated carbocycles. The van der Waals surface area contributed by atoms with Crippen molar-refractivity contribution in [2.24, 2.45) is 0 Å². The van der Waals surface area contributed by atoms with E-state index in [2.05, 4.69) is 22.3 Å². The molecule has 186 valence electrons. The van der Waals surface area contributed by atoms with Gasteiger partial charge in [0.1, 0.15) is 17.3 Å². The highest BCUT2D eigenvalue weighted by atomic mass is 32.1. The molecule has 0 unspecified atom stereocenters. The molecule has 0 N–H and O–H groups in total. The van der Waals surface area contributed by atoms with E-state index in [-0.39, 0.29) is 5.91 Å². The molecule has 0 spiro atoms. The van der Waals surface area contributed by atoms with Crippen molar-refractivity contribution < 1.29 is 9.53 Å². The maximum atomic E-state index is 12.9. The van der Waals surface area contributed by atoms with Crippen LogP contribution in [0.4, 0.5) is 5.13 Å². The molecule has 0 aliphatic carbocycles. The van der Waals surface area contributed by atoms with Crippen molar-refractivity contribution in [2.45, 2.75) is 19.8 Å². The number of nitrogens with zero attached hydrogens (tertiary/aromatic N) is 5. The second kappa shape index (κ2) is 11.2. The van der Waals surface area contributed by atoms with Crippen LogP contribution in [0.5, 0.6) is 11.5 Å². The summed E-state index contributed by atoms with van der Waals surface area (Å²) in [5.74, 6) is 2.41. The van der Waals surface area contributed by atoms with E-state index in [1.54, 1.807) is 24.3 Å². The fourth-order valence-electron chi connectivity index (χ4n) is 4.23. The molecule has 8 heteroatoms. The summed E-state index contributed by atoms with van der Waals surface area (Å²) in [6.07, 6.45) is 1.51. The van der Waals surface area contributed by atoms with E-state index in [4.69, 9.17) is 15.0 Å². The maximum absolute atomic E-state index is 12.9. The van der Waals surface area contributed by atoms with E-state index in [9.17, 15) is 4.79 Å². The Morgan fingerprint density at radius 1 is 0.946 bits per heavy atom. The zero-order chi connectivity index (χ0) is 25.6. The highest BCUT2D eigenvalue weighted by Crippen LogP contribution is 2.24. The summed E-state index contributed by atoms with van der Waals surface area (Å²) in [4.78, 5) is 21.8. The Balaban J connectivity index is 1.16. The van der Waals surface area contributed by atoms with Gasteiger partial charge in [-0.3, -0.25) is 4.79 Å². The van der Waals surface area contributed by atoms with Gasteiger partial charge in [-0.15, -0.1) is 0 Å². The zero-order valence-corrected chi connectivity index (χ0v) is 21.4. The molecule has 37 heavy (non-hydrogen) atoms. The van der Waals surface area contributed by atoms with Crippen molar-refractivity contribution in [3.8, 4) is 17.6 Å². The average Bonchev–Trinajstić information content (AvgIpc) is 3.25. The SMILES string of the molecule is Cc1ccc(Oc2ccc(Cc3nsc(N4CCCN(C(=O)c5ccc(C#N)cc5)CC4)n3)cc2)cc1. The molecule has 3 aromatic carbocycles. The third kappa shape index (κ3) is 6.13. The number of aryl methyl sites for hydroxylation is 1. The third-order valence-electron chi connectivity index (χ3n) is 6.31. The minimum atomic E-state index is -0.000836. The van der Waals surface area contributed by atoms with Crippen molar-refractivity contribution in [2.75, 3.05) is 31.1 Å². The van der Waals surface area contributed by atoms with Gasteiger partial charge in [0.15, 0.2) is 0 Å². The van der Waals surface area contributed by atoms with E-state index < -0.39 is 0 Å². The number of carbonyl (C=O) groups is 1. The normalized spacial score (nSPS) is 13.6. The summed E-state index contributed by atoms with van der Waals surface area (Å²) in [6.45, 7) is 4.91. The van der Waals surface area contributed by atoms with Crippen LogP contribution in [0.3, 0.4) is 0 Å². The minimum absolute atomic E-state index is 0.000836. The molecule has 1 aromatic heterocycles. The van der Waals surface area contributed by atoms with Crippen molar-refractivity contribution in [1.82, 2.24) is 14.3 Å². The number of benzene rings is 3. The van der Waals surface area contributed by atoms with Gasteiger partial charge >= 0.3 is 0 Å². The first-order valence-electron chi connectivity index (χ1n) is 12.3. The Labute approximate surface area is 220 Å². The zero-order valence-electron chi connectivity index (χ0n) is 20.6. The molecular weight excluding hydrogens is 482 g/mol. The summed E-state index contributed by atoms with van der Waals surface area (Å²) in [5, 5.41) is 9.87. The molecule has 1 aliphatic rings. The van der Waals surface area contributed by atoms with Crippen molar-refractivity contribution in [1.29, 1.82) is 5.26 Å². The summed E-state index contributed by atoms with van der Waals surface area (Å²) in [7, 11) is 0. The molecule has 5 rings (SSSR count). The molecule has 1 aliphatic heterocycles. The highest BCUT2D eigenvalue weighted by Gasteiger charge is 2.22. The summed E-state index contributed by atoms with van der Waals surface area (Å²) >= 11 is 1.41. The number of hydrogen-bond acceptors (Lipinski definition) is 7. The minimum Gasteiger partial charge on any atom is -0.457 e. The van der Waals surface area contributed by atoms with Gasteiger partial charge in [-0.1, -0.05) is 29.8 Å². The van der Waals surface area contributed by atoms with E-state index in [1.807, 2.05) is 53.4 Å². The predicted octanol–water partition coefficient (Wildman–Crippen LogP) is 5.45. The lowest BCUT2D eigenvalue weighted by molar-refractivity contribution is 0.0767. The molecule has 1 fully saturated rings. The van der Waals surface area contributed by atoms with E-state index >= 15 is 0 Å². The molecule has 7 nitrogen and oxygen atoms in total. The molecule has 1 saturated heterocycles. The van der Waals surface area contributed by atoms with Gasteiger partial charge in [0.2, 0.25) is 5.13 Å². The monoisotopic (exact) mass is 509 g/mol. The Bertz CT molecular complexity index is 1390. The van der Waals surface area contributed by atoms with E-state index in [1.165, 1.54) is 17.1 Å². The lowest BCUT2D eigenvalue weighted by Gasteiger charge is -2.21. The maximum Gasteiger partial charge on any atom is 0.253 e.